The Labute approximate surface area is 98.4 Å². The number of anilines is 1. The van der Waals surface area contributed by atoms with Crippen molar-refractivity contribution in [1.82, 2.24) is 20.0 Å². The van der Waals surface area contributed by atoms with Crippen LogP contribution in [0.3, 0.4) is 0 Å². The van der Waals surface area contributed by atoms with Crippen LogP contribution in [0, 0.1) is 3.57 Å². The molecule has 72 valence electrons. The molecule has 7 heteroatoms. The van der Waals surface area contributed by atoms with Crippen molar-refractivity contribution < 1.29 is 0 Å². The minimum Gasteiger partial charge on any atom is -0.383 e. The van der Waals surface area contributed by atoms with Gasteiger partial charge in [0.15, 0.2) is 11.0 Å². The summed E-state index contributed by atoms with van der Waals surface area (Å²) in [6, 6.07) is 3.34. The first-order chi connectivity index (χ1) is 6.68. The van der Waals surface area contributed by atoms with Crippen LogP contribution in [0.2, 0.25) is 5.15 Å². The zero-order valence-electron chi connectivity index (χ0n) is 6.85. The lowest BCUT2D eigenvalue weighted by molar-refractivity contribution is 0.823. The maximum Gasteiger partial charge on any atom is 0.178 e. The molecule has 0 amide bonds. The predicted octanol–water partition coefficient (Wildman–Crippen LogP) is 1.50. The number of hydrogen-bond donors (Lipinski definition) is 1. The van der Waals surface area contributed by atoms with E-state index in [1.54, 1.807) is 18.3 Å². The summed E-state index contributed by atoms with van der Waals surface area (Å²) in [7, 11) is 0. The maximum absolute atomic E-state index is 5.76. The van der Waals surface area contributed by atoms with Gasteiger partial charge in [-0.1, -0.05) is 11.6 Å². The Morgan fingerprint density at radius 3 is 2.64 bits per heavy atom. The molecule has 0 radical (unpaired) electrons. The minimum absolute atomic E-state index is 0.342. The van der Waals surface area contributed by atoms with E-state index in [-0.39, 0.29) is 0 Å². The highest BCUT2D eigenvalue weighted by Crippen LogP contribution is 2.17. The van der Waals surface area contributed by atoms with Crippen LogP contribution < -0.4 is 5.73 Å². The molecule has 0 aliphatic carbocycles. The van der Waals surface area contributed by atoms with E-state index in [1.807, 2.05) is 0 Å². The lowest BCUT2D eigenvalue weighted by atomic mass is 10.5. The second-order valence-electron chi connectivity index (χ2n) is 2.50. The molecule has 0 spiro atoms. The molecular formula is C7H5ClIN5. The first kappa shape index (κ1) is 9.66. The van der Waals surface area contributed by atoms with Gasteiger partial charge in [0.2, 0.25) is 0 Å². The lowest BCUT2D eigenvalue weighted by Crippen LogP contribution is -2.05. The number of nitrogens with zero attached hydrogens (tertiary/aromatic N) is 4. The summed E-state index contributed by atoms with van der Waals surface area (Å²) in [5.74, 6) is 1.09. The fraction of sp³-hybridized carbons (Fsp3) is 0. The van der Waals surface area contributed by atoms with Crippen molar-refractivity contribution in [2.24, 2.45) is 0 Å². The zero-order chi connectivity index (χ0) is 10.1. The number of nitrogens with two attached hydrogens (primary N) is 1. The van der Waals surface area contributed by atoms with E-state index in [0.717, 1.165) is 3.57 Å². The average molecular weight is 322 g/mol. The summed E-state index contributed by atoms with van der Waals surface area (Å²) >= 11 is 7.70. The Bertz CT molecular complexity index is 452. The molecule has 0 atom stereocenters. The number of aromatic nitrogens is 4. The Balaban J connectivity index is 2.49. The molecule has 5 nitrogen and oxygen atoms in total. The molecule has 2 N–H and O–H groups in total. The fourth-order valence-electron chi connectivity index (χ4n) is 0.942. The van der Waals surface area contributed by atoms with Gasteiger partial charge in [0.1, 0.15) is 5.82 Å². The third-order valence-electron chi connectivity index (χ3n) is 1.59. The second kappa shape index (κ2) is 3.70. The zero-order valence-corrected chi connectivity index (χ0v) is 9.77. The van der Waals surface area contributed by atoms with Crippen LogP contribution in [0.15, 0.2) is 18.3 Å². The van der Waals surface area contributed by atoms with Gasteiger partial charge in [0, 0.05) is 0 Å². The van der Waals surface area contributed by atoms with E-state index in [2.05, 4.69) is 37.9 Å². The van der Waals surface area contributed by atoms with Crippen molar-refractivity contribution in [2.45, 2.75) is 0 Å². The summed E-state index contributed by atoms with van der Waals surface area (Å²) in [4.78, 5) is 0. The molecule has 0 aliphatic heterocycles. The van der Waals surface area contributed by atoms with Gasteiger partial charge in [-0.2, -0.15) is 9.78 Å². The van der Waals surface area contributed by atoms with Crippen LogP contribution >= 0.6 is 34.2 Å². The summed E-state index contributed by atoms with van der Waals surface area (Å²) < 4.78 is 2.38. The van der Waals surface area contributed by atoms with Crippen LogP contribution in [0.5, 0.6) is 0 Å². The third-order valence-corrected chi connectivity index (χ3v) is 2.63. The lowest BCUT2D eigenvalue weighted by Gasteiger charge is -2.01. The highest BCUT2D eigenvalue weighted by molar-refractivity contribution is 14.1. The number of rotatable bonds is 1. The van der Waals surface area contributed by atoms with Gasteiger partial charge in [-0.05, 0) is 34.7 Å². The van der Waals surface area contributed by atoms with Gasteiger partial charge in [-0.25, -0.2) is 0 Å². The molecule has 0 saturated heterocycles. The van der Waals surface area contributed by atoms with Crippen LogP contribution in [-0.2, 0) is 0 Å². The average Bonchev–Trinajstić information content (AvgIpc) is 2.50. The number of nitrogen functional groups attached to an aromatic ring is 1. The van der Waals surface area contributed by atoms with E-state index in [9.17, 15) is 0 Å². The standard InChI is InChI=1S/C7H5ClIN5/c8-5-1-2-6(13-12-5)14-7(10)4(9)3-11-14/h1-3H,10H2. The highest BCUT2D eigenvalue weighted by atomic mass is 127. The molecular weight excluding hydrogens is 316 g/mol. The molecule has 0 aliphatic rings. The molecule has 2 aromatic heterocycles. The number of hydrogen-bond acceptors (Lipinski definition) is 4. The summed E-state index contributed by atoms with van der Waals surface area (Å²) in [6.45, 7) is 0. The number of halogens is 2. The third kappa shape index (κ3) is 1.67. The molecule has 0 unspecified atom stereocenters. The van der Waals surface area contributed by atoms with E-state index >= 15 is 0 Å². The quantitative estimate of drug-likeness (QED) is 0.808. The topological polar surface area (TPSA) is 69.6 Å². The molecule has 0 fully saturated rings. The van der Waals surface area contributed by atoms with E-state index < -0.39 is 0 Å². The van der Waals surface area contributed by atoms with Crippen molar-refractivity contribution in [3.63, 3.8) is 0 Å². The van der Waals surface area contributed by atoms with Crippen LogP contribution in [0.4, 0.5) is 5.82 Å². The molecule has 14 heavy (non-hydrogen) atoms. The van der Waals surface area contributed by atoms with Gasteiger partial charge < -0.3 is 5.73 Å². The van der Waals surface area contributed by atoms with Gasteiger partial charge >= 0.3 is 0 Å². The fourth-order valence-corrected chi connectivity index (χ4v) is 1.40. The van der Waals surface area contributed by atoms with E-state index in [1.165, 1.54) is 4.68 Å². The summed E-state index contributed by atoms with van der Waals surface area (Å²) in [5.41, 5.74) is 5.76. The molecule has 0 bridgehead atoms. The van der Waals surface area contributed by atoms with E-state index in [4.69, 9.17) is 17.3 Å². The van der Waals surface area contributed by atoms with Crippen molar-refractivity contribution in [1.29, 1.82) is 0 Å². The van der Waals surface area contributed by atoms with Crippen LogP contribution in [-0.4, -0.2) is 20.0 Å². The minimum atomic E-state index is 0.342. The molecule has 2 rings (SSSR count). The van der Waals surface area contributed by atoms with Crippen molar-refractivity contribution in [2.75, 3.05) is 5.73 Å². The first-order valence-electron chi connectivity index (χ1n) is 3.67. The molecule has 2 heterocycles. The van der Waals surface area contributed by atoms with Gasteiger partial charge in [-0.3, -0.25) is 0 Å². The van der Waals surface area contributed by atoms with Gasteiger partial charge in [0.25, 0.3) is 0 Å². The predicted molar refractivity (Wildman–Crippen MR) is 61.3 cm³/mol. The van der Waals surface area contributed by atoms with Crippen molar-refractivity contribution >= 4 is 40.0 Å². The van der Waals surface area contributed by atoms with Crippen molar-refractivity contribution in [3.8, 4) is 5.82 Å². The Morgan fingerprint density at radius 2 is 2.14 bits per heavy atom. The molecule has 0 aromatic carbocycles. The van der Waals surface area contributed by atoms with Crippen molar-refractivity contribution in [3.05, 3.63) is 27.1 Å². The smallest absolute Gasteiger partial charge is 0.178 e. The first-order valence-corrected chi connectivity index (χ1v) is 5.13. The van der Waals surface area contributed by atoms with Gasteiger partial charge in [0.05, 0.1) is 9.77 Å². The van der Waals surface area contributed by atoms with Gasteiger partial charge in [-0.15, -0.1) is 10.2 Å². The molecule has 2 aromatic rings. The second-order valence-corrected chi connectivity index (χ2v) is 4.05. The Hall–Kier alpha value is -0.890. The highest BCUT2D eigenvalue weighted by Gasteiger charge is 2.07. The maximum atomic E-state index is 5.76. The normalized spacial score (nSPS) is 10.4. The molecule has 0 saturated carbocycles. The summed E-state index contributed by atoms with van der Waals surface area (Å²) in [5, 5.41) is 12.0. The SMILES string of the molecule is Nc1c(I)cnn1-c1ccc(Cl)nn1. The Morgan fingerprint density at radius 1 is 1.36 bits per heavy atom. The monoisotopic (exact) mass is 321 g/mol. The van der Waals surface area contributed by atoms with Crippen LogP contribution in [0.1, 0.15) is 0 Å². The van der Waals surface area contributed by atoms with E-state index in [0.29, 0.717) is 16.8 Å². The summed E-state index contributed by atoms with van der Waals surface area (Å²) in [6.07, 6.45) is 1.66. The largest absolute Gasteiger partial charge is 0.383 e. The van der Waals surface area contributed by atoms with Crippen LogP contribution in [0.25, 0.3) is 5.82 Å². The Kier molecular flexibility index (Phi) is 2.55.